The molecule has 1 aliphatic heterocycles. The molecule has 0 bridgehead atoms. The number of nitrogens with zero attached hydrogens (tertiary/aromatic N) is 1. The third-order valence-corrected chi connectivity index (χ3v) is 3.56. The van der Waals surface area contributed by atoms with Crippen molar-refractivity contribution in [3.63, 3.8) is 0 Å². The van der Waals surface area contributed by atoms with E-state index in [1.807, 2.05) is 0 Å². The molecule has 2 fully saturated rings. The zero-order chi connectivity index (χ0) is 11.4. The number of nitrogens with one attached hydrogen (secondary N) is 1. The first-order chi connectivity index (χ1) is 7.76. The van der Waals surface area contributed by atoms with Crippen LogP contribution in [0.2, 0.25) is 0 Å². The van der Waals surface area contributed by atoms with E-state index in [1.165, 1.54) is 0 Å². The maximum absolute atomic E-state index is 12.0. The minimum Gasteiger partial charge on any atom is -0.381 e. The molecule has 0 aromatic rings. The molecule has 1 amide bonds. The van der Waals surface area contributed by atoms with Crippen molar-refractivity contribution in [3.8, 4) is 6.07 Å². The number of nitriles is 1. The second kappa shape index (κ2) is 4.84. The fourth-order valence-corrected chi connectivity index (χ4v) is 2.53. The Hall–Kier alpha value is -1.08. The molecule has 0 spiro atoms. The van der Waals surface area contributed by atoms with Crippen molar-refractivity contribution < 1.29 is 9.53 Å². The predicted molar refractivity (Wildman–Crippen MR) is 58.5 cm³/mol. The van der Waals surface area contributed by atoms with Crippen LogP contribution < -0.4 is 5.32 Å². The minimum atomic E-state index is -0.589. The van der Waals surface area contributed by atoms with Crippen LogP contribution in [-0.4, -0.2) is 24.7 Å². The molecule has 1 saturated carbocycles. The molecule has 16 heavy (non-hydrogen) atoms. The summed E-state index contributed by atoms with van der Waals surface area (Å²) in [5.41, 5.74) is -0.589. The van der Waals surface area contributed by atoms with E-state index in [0.717, 1.165) is 45.1 Å². The van der Waals surface area contributed by atoms with Crippen molar-refractivity contribution in [2.45, 2.75) is 44.1 Å². The van der Waals surface area contributed by atoms with E-state index < -0.39 is 5.54 Å². The highest BCUT2D eigenvalue weighted by atomic mass is 16.5. The monoisotopic (exact) mass is 222 g/mol. The molecule has 1 atom stereocenters. The zero-order valence-electron chi connectivity index (χ0n) is 9.50. The molecule has 1 heterocycles. The maximum Gasteiger partial charge on any atom is 0.226 e. The third kappa shape index (κ3) is 2.35. The van der Waals surface area contributed by atoms with Crippen LogP contribution >= 0.6 is 0 Å². The van der Waals surface area contributed by atoms with Crippen molar-refractivity contribution in [2.75, 3.05) is 13.2 Å². The summed E-state index contributed by atoms with van der Waals surface area (Å²) in [4.78, 5) is 12.0. The molecule has 0 radical (unpaired) electrons. The highest BCUT2D eigenvalue weighted by Gasteiger charge is 2.37. The Kier molecular flexibility index (Phi) is 3.45. The zero-order valence-corrected chi connectivity index (χ0v) is 9.50. The van der Waals surface area contributed by atoms with Gasteiger partial charge in [0, 0.05) is 6.61 Å². The second-order valence-corrected chi connectivity index (χ2v) is 4.80. The van der Waals surface area contributed by atoms with Gasteiger partial charge in [0.25, 0.3) is 0 Å². The van der Waals surface area contributed by atoms with E-state index >= 15 is 0 Å². The van der Waals surface area contributed by atoms with Gasteiger partial charge in [-0.2, -0.15) is 5.26 Å². The molecule has 2 rings (SSSR count). The summed E-state index contributed by atoms with van der Waals surface area (Å²) in [5.74, 6) is -0.0530. The van der Waals surface area contributed by atoms with Gasteiger partial charge in [-0.25, -0.2) is 0 Å². The molecule has 4 nitrogen and oxygen atoms in total. The molecule has 1 N–H and O–H groups in total. The number of hydrogen-bond acceptors (Lipinski definition) is 3. The second-order valence-electron chi connectivity index (χ2n) is 4.80. The lowest BCUT2D eigenvalue weighted by Gasteiger charge is -2.27. The Morgan fingerprint density at radius 3 is 2.69 bits per heavy atom. The first kappa shape index (κ1) is 11.4. The lowest BCUT2D eigenvalue weighted by molar-refractivity contribution is -0.130. The van der Waals surface area contributed by atoms with Crippen LogP contribution in [0.15, 0.2) is 0 Å². The highest BCUT2D eigenvalue weighted by Crippen LogP contribution is 2.29. The Labute approximate surface area is 96.0 Å². The Morgan fingerprint density at radius 2 is 2.12 bits per heavy atom. The average molecular weight is 222 g/mol. The van der Waals surface area contributed by atoms with Crippen molar-refractivity contribution in [1.29, 1.82) is 5.26 Å². The van der Waals surface area contributed by atoms with Crippen LogP contribution in [0.1, 0.15) is 38.5 Å². The van der Waals surface area contributed by atoms with Crippen molar-refractivity contribution in [3.05, 3.63) is 0 Å². The van der Waals surface area contributed by atoms with Crippen LogP contribution in [0.25, 0.3) is 0 Å². The summed E-state index contributed by atoms with van der Waals surface area (Å²) in [6, 6.07) is 2.27. The van der Waals surface area contributed by atoms with Gasteiger partial charge in [-0.3, -0.25) is 4.79 Å². The van der Waals surface area contributed by atoms with Crippen LogP contribution in [-0.2, 0) is 9.53 Å². The fourth-order valence-electron chi connectivity index (χ4n) is 2.53. The minimum absolute atomic E-state index is 0.00292. The van der Waals surface area contributed by atoms with E-state index in [0.29, 0.717) is 6.61 Å². The average Bonchev–Trinajstić information content (AvgIpc) is 2.79. The van der Waals surface area contributed by atoms with Crippen LogP contribution in [0.4, 0.5) is 0 Å². The van der Waals surface area contributed by atoms with Gasteiger partial charge < -0.3 is 10.1 Å². The van der Waals surface area contributed by atoms with Gasteiger partial charge in [0.15, 0.2) is 0 Å². The molecule has 0 aromatic carbocycles. The number of rotatable bonds is 2. The van der Waals surface area contributed by atoms with Crippen molar-refractivity contribution in [2.24, 2.45) is 5.92 Å². The van der Waals surface area contributed by atoms with Gasteiger partial charge in [-0.1, -0.05) is 0 Å². The van der Waals surface area contributed by atoms with Gasteiger partial charge in [-0.05, 0) is 38.5 Å². The Bertz CT molecular complexity index is 297. The van der Waals surface area contributed by atoms with E-state index in [-0.39, 0.29) is 11.8 Å². The molecule has 4 heteroatoms. The quantitative estimate of drug-likeness (QED) is 0.767. The lowest BCUT2D eigenvalue weighted by Crippen LogP contribution is -2.48. The topological polar surface area (TPSA) is 62.1 Å². The lowest BCUT2D eigenvalue weighted by atomic mass is 9.96. The molecule has 88 valence electrons. The number of amides is 1. The summed E-state index contributed by atoms with van der Waals surface area (Å²) in [6.45, 7) is 1.26. The molecule has 0 aromatic heterocycles. The SMILES string of the molecule is N#CC1(NC(=O)C2CCCOC2)CCCC1. The van der Waals surface area contributed by atoms with Crippen molar-refractivity contribution >= 4 is 5.91 Å². The number of carbonyl (C=O) groups excluding carboxylic acids is 1. The smallest absolute Gasteiger partial charge is 0.226 e. The van der Waals surface area contributed by atoms with Crippen LogP contribution in [0.3, 0.4) is 0 Å². The summed E-state index contributed by atoms with van der Waals surface area (Å²) in [6.07, 6.45) is 5.49. The van der Waals surface area contributed by atoms with Gasteiger partial charge in [0.2, 0.25) is 5.91 Å². The van der Waals surface area contributed by atoms with Crippen molar-refractivity contribution in [1.82, 2.24) is 5.32 Å². The fraction of sp³-hybridized carbons (Fsp3) is 0.833. The molecule has 1 aliphatic carbocycles. The molecule has 1 unspecified atom stereocenters. The van der Waals surface area contributed by atoms with Gasteiger partial charge >= 0.3 is 0 Å². The number of hydrogen-bond donors (Lipinski definition) is 1. The van der Waals surface area contributed by atoms with Crippen LogP contribution in [0, 0.1) is 17.2 Å². The van der Waals surface area contributed by atoms with E-state index in [2.05, 4.69) is 11.4 Å². The number of carbonyl (C=O) groups is 1. The van der Waals surface area contributed by atoms with Gasteiger partial charge in [0.1, 0.15) is 5.54 Å². The van der Waals surface area contributed by atoms with Gasteiger partial charge in [0.05, 0.1) is 18.6 Å². The summed E-state index contributed by atoms with van der Waals surface area (Å²) < 4.78 is 5.29. The molecule has 2 aliphatic rings. The predicted octanol–water partition coefficient (Wildman–Crippen LogP) is 1.37. The standard InChI is InChI=1S/C12H18N2O2/c13-9-12(5-1-2-6-12)14-11(15)10-4-3-7-16-8-10/h10H,1-8H2,(H,14,15). The first-order valence-corrected chi connectivity index (χ1v) is 6.07. The largest absolute Gasteiger partial charge is 0.381 e. The molecule has 1 saturated heterocycles. The van der Waals surface area contributed by atoms with Crippen LogP contribution in [0.5, 0.6) is 0 Å². The molecular weight excluding hydrogens is 204 g/mol. The normalized spacial score (nSPS) is 28.3. The van der Waals surface area contributed by atoms with E-state index in [9.17, 15) is 4.79 Å². The molecular formula is C12H18N2O2. The summed E-state index contributed by atoms with van der Waals surface area (Å²) in [5, 5.41) is 12.1. The van der Waals surface area contributed by atoms with Gasteiger partial charge in [-0.15, -0.1) is 0 Å². The number of ether oxygens (including phenoxy) is 1. The highest BCUT2D eigenvalue weighted by molar-refractivity contribution is 5.80. The third-order valence-electron chi connectivity index (χ3n) is 3.56. The van der Waals surface area contributed by atoms with E-state index in [4.69, 9.17) is 10.00 Å². The Balaban J connectivity index is 1.92. The maximum atomic E-state index is 12.0. The Morgan fingerprint density at radius 1 is 1.38 bits per heavy atom. The summed E-state index contributed by atoms with van der Waals surface area (Å²) in [7, 11) is 0. The van der Waals surface area contributed by atoms with E-state index in [1.54, 1.807) is 0 Å². The summed E-state index contributed by atoms with van der Waals surface area (Å²) >= 11 is 0. The first-order valence-electron chi connectivity index (χ1n) is 6.07.